The summed E-state index contributed by atoms with van der Waals surface area (Å²) in [6.07, 6.45) is 1.62. The normalized spacial score (nSPS) is 11.3. The molecule has 0 atom stereocenters. The largest absolute Gasteiger partial charge is 0.494 e. The Hall–Kier alpha value is -4.20. The summed E-state index contributed by atoms with van der Waals surface area (Å²) in [6, 6.07) is 22.3. The predicted molar refractivity (Wildman–Crippen MR) is 158 cm³/mol. The summed E-state index contributed by atoms with van der Waals surface area (Å²) in [5.74, 6) is 1.18. The molecule has 2 heterocycles. The Morgan fingerprint density at radius 1 is 0.975 bits per heavy atom. The smallest absolute Gasteiger partial charge is 0.307 e. The van der Waals surface area contributed by atoms with Crippen LogP contribution in [0.5, 0.6) is 11.5 Å². The summed E-state index contributed by atoms with van der Waals surface area (Å²) in [4.78, 5) is 12.6. The third-order valence-corrected chi connectivity index (χ3v) is 6.95. The zero-order chi connectivity index (χ0) is 28.2. The molecule has 5 aromatic rings. The quantitative estimate of drug-likeness (QED) is 0.143. The monoisotopic (exact) mass is 575 g/mol. The van der Waals surface area contributed by atoms with Gasteiger partial charge in [0.25, 0.3) is 0 Å². The van der Waals surface area contributed by atoms with Gasteiger partial charge in [0, 0.05) is 43.6 Å². The molecule has 0 saturated carbocycles. The zero-order valence-electron chi connectivity index (χ0n) is 22.2. The molecular weight excluding hydrogens is 549 g/mol. The van der Waals surface area contributed by atoms with Crippen molar-refractivity contribution >= 4 is 46.3 Å². The van der Waals surface area contributed by atoms with Crippen molar-refractivity contribution in [3.05, 3.63) is 111 Å². The van der Waals surface area contributed by atoms with Gasteiger partial charge < -0.3 is 18.5 Å². The van der Waals surface area contributed by atoms with Gasteiger partial charge in [-0.3, -0.25) is 4.79 Å². The number of aromatic nitrogens is 1. The minimum absolute atomic E-state index is 0.173. The van der Waals surface area contributed by atoms with E-state index in [1.807, 2.05) is 69.3 Å². The third-order valence-electron chi connectivity index (χ3n) is 6.37. The van der Waals surface area contributed by atoms with E-state index in [0.29, 0.717) is 28.8 Å². The van der Waals surface area contributed by atoms with Crippen LogP contribution in [-0.4, -0.2) is 23.3 Å². The fraction of sp³-hybridized carbons (Fsp3) is 0.161. The number of nitrogens with zero attached hydrogens (tertiary/aromatic N) is 2. The van der Waals surface area contributed by atoms with Crippen molar-refractivity contribution in [1.29, 1.82) is 0 Å². The number of carbonyl (C=O) groups is 1. The SMILES string of the molecule is CCOc1ccc2oc(C(=O)N/N=C/c3cc(C)n(-c4ccc(OCc5ccc(Cl)cc5Cl)cc4)c3C)cc2c1. The number of rotatable bonds is 9. The predicted octanol–water partition coefficient (Wildman–Crippen LogP) is 7.89. The molecule has 0 unspecified atom stereocenters. The van der Waals surface area contributed by atoms with Gasteiger partial charge in [0.2, 0.25) is 0 Å². The maximum absolute atomic E-state index is 12.6. The van der Waals surface area contributed by atoms with Crippen LogP contribution in [0.3, 0.4) is 0 Å². The molecule has 0 spiro atoms. The average molecular weight is 576 g/mol. The molecule has 3 aromatic carbocycles. The molecule has 1 N–H and O–H groups in total. The molecule has 0 aliphatic rings. The number of halogens is 2. The number of aryl methyl sites for hydroxylation is 1. The summed E-state index contributed by atoms with van der Waals surface area (Å²) < 4.78 is 19.2. The molecule has 0 saturated heterocycles. The van der Waals surface area contributed by atoms with Crippen LogP contribution in [0.15, 0.2) is 82.3 Å². The van der Waals surface area contributed by atoms with E-state index < -0.39 is 5.91 Å². The lowest BCUT2D eigenvalue weighted by Crippen LogP contribution is -2.16. The van der Waals surface area contributed by atoms with Gasteiger partial charge in [-0.2, -0.15) is 5.10 Å². The highest BCUT2D eigenvalue weighted by atomic mass is 35.5. The summed E-state index contributed by atoms with van der Waals surface area (Å²) >= 11 is 12.2. The number of hydrazone groups is 1. The number of benzene rings is 3. The van der Waals surface area contributed by atoms with Crippen molar-refractivity contribution in [2.24, 2.45) is 5.10 Å². The maximum Gasteiger partial charge on any atom is 0.307 e. The fourth-order valence-corrected chi connectivity index (χ4v) is 4.88. The molecule has 0 aliphatic heterocycles. The van der Waals surface area contributed by atoms with E-state index >= 15 is 0 Å². The van der Waals surface area contributed by atoms with Crippen molar-refractivity contribution in [3.8, 4) is 17.2 Å². The van der Waals surface area contributed by atoms with Gasteiger partial charge in [-0.15, -0.1) is 0 Å². The molecule has 0 bridgehead atoms. The van der Waals surface area contributed by atoms with Gasteiger partial charge in [-0.05, 0) is 87.5 Å². The number of carbonyl (C=O) groups excluding carboxylic acids is 1. The van der Waals surface area contributed by atoms with Crippen LogP contribution in [-0.2, 0) is 6.61 Å². The first-order valence-corrected chi connectivity index (χ1v) is 13.4. The van der Waals surface area contributed by atoms with Crippen molar-refractivity contribution in [2.45, 2.75) is 27.4 Å². The first-order chi connectivity index (χ1) is 19.3. The average Bonchev–Trinajstić information content (AvgIpc) is 3.48. The van der Waals surface area contributed by atoms with E-state index in [1.54, 1.807) is 30.5 Å². The Morgan fingerprint density at radius 3 is 2.50 bits per heavy atom. The summed E-state index contributed by atoms with van der Waals surface area (Å²) in [5, 5.41) is 6.11. The lowest BCUT2D eigenvalue weighted by molar-refractivity contribution is 0.0929. The van der Waals surface area contributed by atoms with Crippen LogP contribution < -0.4 is 14.9 Å². The summed E-state index contributed by atoms with van der Waals surface area (Å²) in [5.41, 5.74) is 7.86. The van der Waals surface area contributed by atoms with Crippen LogP contribution in [0.25, 0.3) is 16.7 Å². The highest BCUT2D eigenvalue weighted by Gasteiger charge is 2.13. The lowest BCUT2D eigenvalue weighted by Gasteiger charge is -2.12. The number of hydrogen-bond acceptors (Lipinski definition) is 5. The van der Waals surface area contributed by atoms with Gasteiger partial charge in [0.1, 0.15) is 23.7 Å². The Morgan fingerprint density at radius 2 is 1.75 bits per heavy atom. The van der Waals surface area contributed by atoms with Crippen LogP contribution in [0.1, 0.15) is 40.0 Å². The number of ether oxygens (including phenoxy) is 2. The molecule has 5 rings (SSSR count). The van der Waals surface area contributed by atoms with Crippen LogP contribution in [0, 0.1) is 13.8 Å². The van der Waals surface area contributed by atoms with E-state index in [1.165, 1.54) is 0 Å². The fourth-order valence-electron chi connectivity index (χ4n) is 4.41. The molecule has 9 heteroatoms. The molecule has 40 heavy (non-hydrogen) atoms. The summed E-state index contributed by atoms with van der Waals surface area (Å²) in [6.45, 7) is 6.83. The van der Waals surface area contributed by atoms with Crippen LogP contribution in [0.4, 0.5) is 0 Å². The second kappa shape index (κ2) is 11.9. The van der Waals surface area contributed by atoms with E-state index in [0.717, 1.165) is 45.1 Å². The Kier molecular flexibility index (Phi) is 8.14. The van der Waals surface area contributed by atoms with Crippen molar-refractivity contribution in [2.75, 3.05) is 6.61 Å². The second-order valence-electron chi connectivity index (χ2n) is 9.12. The maximum atomic E-state index is 12.6. The minimum Gasteiger partial charge on any atom is -0.494 e. The molecule has 7 nitrogen and oxygen atoms in total. The van der Waals surface area contributed by atoms with Crippen LogP contribution in [0.2, 0.25) is 10.0 Å². The first kappa shape index (κ1) is 27.4. The number of fused-ring (bicyclic) bond motifs is 1. The molecule has 2 aromatic heterocycles. The van der Waals surface area contributed by atoms with Crippen molar-refractivity contribution < 1.29 is 18.7 Å². The topological polar surface area (TPSA) is 78.0 Å². The Labute approximate surface area is 241 Å². The van der Waals surface area contributed by atoms with E-state index in [-0.39, 0.29) is 5.76 Å². The molecule has 1 amide bonds. The van der Waals surface area contributed by atoms with Gasteiger partial charge in [-0.1, -0.05) is 29.3 Å². The number of furan rings is 1. The Balaban J connectivity index is 1.24. The molecule has 0 radical (unpaired) electrons. The number of nitrogens with one attached hydrogen (secondary N) is 1. The summed E-state index contributed by atoms with van der Waals surface area (Å²) in [7, 11) is 0. The van der Waals surface area contributed by atoms with Crippen molar-refractivity contribution in [1.82, 2.24) is 9.99 Å². The van der Waals surface area contributed by atoms with E-state index in [2.05, 4.69) is 15.1 Å². The molecule has 0 aliphatic carbocycles. The molecular formula is C31H27Cl2N3O4. The highest BCUT2D eigenvalue weighted by molar-refractivity contribution is 6.35. The van der Waals surface area contributed by atoms with E-state index in [4.69, 9.17) is 37.1 Å². The van der Waals surface area contributed by atoms with Gasteiger partial charge in [0.15, 0.2) is 5.76 Å². The minimum atomic E-state index is -0.435. The number of hydrogen-bond donors (Lipinski definition) is 1. The lowest BCUT2D eigenvalue weighted by atomic mass is 10.2. The number of amides is 1. The first-order valence-electron chi connectivity index (χ1n) is 12.7. The van der Waals surface area contributed by atoms with Gasteiger partial charge in [0.05, 0.1) is 12.8 Å². The Bertz CT molecular complexity index is 1700. The third kappa shape index (κ3) is 6.01. The van der Waals surface area contributed by atoms with Gasteiger partial charge >= 0.3 is 5.91 Å². The van der Waals surface area contributed by atoms with Gasteiger partial charge in [-0.25, -0.2) is 5.43 Å². The second-order valence-corrected chi connectivity index (χ2v) is 9.97. The zero-order valence-corrected chi connectivity index (χ0v) is 23.7. The molecule has 0 fully saturated rings. The molecule has 204 valence electrons. The highest BCUT2D eigenvalue weighted by Crippen LogP contribution is 2.26. The standard InChI is InChI=1S/C31H27Cl2N3O4/c1-4-38-27-11-12-29-22(14-27)15-30(40-29)31(37)35-34-17-23-13-19(2)36(20(23)3)25-7-9-26(10-8-25)39-18-21-5-6-24(32)16-28(21)33/h5-17H,4,18H2,1-3H3,(H,35,37)/b34-17+. The van der Waals surface area contributed by atoms with Crippen LogP contribution >= 0.6 is 23.2 Å². The van der Waals surface area contributed by atoms with E-state index in [9.17, 15) is 4.79 Å². The van der Waals surface area contributed by atoms with Crippen molar-refractivity contribution in [3.63, 3.8) is 0 Å².